The third kappa shape index (κ3) is 2.64. The van der Waals surface area contributed by atoms with Crippen molar-refractivity contribution in [1.82, 2.24) is 0 Å². The Hall–Kier alpha value is -0.710. The minimum Gasteiger partial charge on any atom is -0.481 e. The van der Waals surface area contributed by atoms with Gasteiger partial charge in [0.2, 0.25) is 6.43 Å². The summed E-state index contributed by atoms with van der Waals surface area (Å²) in [6.45, 7) is 0.733. The first-order valence-corrected chi connectivity index (χ1v) is 4.66. The number of ether oxygens (including phenoxy) is 1. The molecule has 1 rings (SSSR count). The van der Waals surface area contributed by atoms with E-state index >= 15 is 0 Å². The molecule has 1 aliphatic rings. The summed E-state index contributed by atoms with van der Waals surface area (Å²) in [6.07, 6.45) is -2.12. The lowest BCUT2D eigenvalue weighted by molar-refractivity contribution is -0.152. The van der Waals surface area contributed by atoms with E-state index in [1.165, 1.54) is 0 Å². The number of rotatable bonds is 3. The molecular formula is C9H14F2O3. The second-order valence-corrected chi connectivity index (χ2v) is 3.65. The van der Waals surface area contributed by atoms with E-state index in [0.717, 1.165) is 0 Å². The van der Waals surface area contributed by atoms with Crippen LogP contribution in [-0.4, -0.2) is 30.7 Å². The van der Waals surface area contributed by atoms with Gasteiger partial charge in [-0.3, -0.25) is 4.79 Å². The summed E-state index contributed by atoms with van der Waals surface area (Å²) in [5.41, 5.74) is -1.27. The Kier molecular flexibility index (Phi) is 3.80. The zero-order valence-electron chi connectivity index (χ0n) is 7.84. The van der Waals surface area contributed by atoms with Gasteiger partial charge in [0.05, 0.1) is 5.41 Å². The number of hydrogen-bond donors (Lipinski definition) is 1. The Balaban J connectivity index is 2.72. The summed E-state index contributed by atoms with van der Waals surface area (Å²) in [5.74, 6) is -1.12. The largest absolute Gasteiger partial charge is 0.481 e. The van der Waals surface area contributed by atoms with Crippen LogP contribution in [-0.2, 0) is 9.53 Å². The number of alkyl halides is 2. The summed E-state index contributed by atoms with van der Waals surface area (Å²) in [6, 6.07) is 0. The Bertz CT molecular complexity index is 198. The zero-order valence-corrected chi connectivity index (χ0v) is 7.84. The molecule has 1 unspecified atom stereocenters. The fraction of sp³-hybridized carbons (Fsp3) is 0.889. The number of carboxylic acids is 1. The maximum Gasteiger partial charge on any atom is 0.309 e. The van der Waals surface area contributed by atoms with E-state index in [9.17, 15) is 13.6 Å². The number of aliphatic carboxylic acids is 1. The predicted octanol–water partition coefficient (Wildman–Crippen LogP) is 1.91. The third-order valence-electron chi connectivity index (χ3n) is 2.67. The molecule has 0 aliphatic carbocycles. The monoisotopic (exact) mass is 208 g/mol. The summed E-state index contributed by atoms with van der Waals surface area (Å²) in [7, 11) is 0. The lowest BCUT2D eigenvalue weighted by Crippen LogP contribution is -2.33. The predicted molar refractivity (Wildman–Crippen MR) is 45.4 cm³/mol. The van der Waals surface area contributed by atoms with Gasteiger partial charge in [-0.2, -0.15) is 0 Å². The SMILES string of the molecule is O=C(O)C1(CC(F)F)CCCOCC1. The second-order valence-electron chi connectivity index (χ2n) is 3.65. The van der Waals surface area contributed by atoms with Crippen molar-refractivity contribution in [3.63, 3.8) is 0 Å². The number of hydrogen-bond acceptors (Lipinski definition) is 2. The highest BCUT2D eigenvalue weighted by molar-refractivity contribution is 5.74. The van der Waals surface area contributed by atoms with Crippen LogP contribution in [0.3, 0.4) is 0 Å². The molecule has 1 atom stereocenters. The van der Waals surface area contributed by atoms with Crippen LogP contribution >= 0.6 is 0 Å². The van der Waals surface area contributed by atoms with Gasteiger partial charge in [-0.25, -0.2) is 8.78 Å². The van der Waals surface area contributed by atoms with Gasteiger partial charge < -0.3 is 9.84 Å². The maximum absolute atomic E-state index is 12.3. The Labute approximate surface area is 81.1 Å². The molecule has 1 fully saturated rings. The fourth-order valence-electron chi connectivity index (χ4n) is 1.81. The normalized spacial score (nSPS) is 28.8. The van der Waals surface area contributed by atoms with Crippen LogP contribution in [0.2, 0.25) is 0 Å². The topological polar surface area (TPSA) is 46.5 Å². The summed E-state index contributed by atoms with van der Waals surface area (Å²) < 4.78 is 29.6. The van der Waals surface area contributed by atoms with Crippen molar-refractivity contribution in [2.45, 2.75) is 32.1 Å². The van der Waals surface area contributed by atoms with Crippen LogP contribution in [0, 0.1) is 5.41 Å². The first-order chi connectivity index (χ1) is 6.57. The maximum atomic E-state index is 12.3. The highest BCUT2D eigenvalue weighted by atomic mass is 19.3. The number of carboxylic acid groups (broad SMARTS) is 1. The molecule has 82 valence electrons. The quantitative estimate of drug-likeness (QED) is 0.770. The molecule has 1 heterocycles. The molecule has 5 heteroatoms. The Morgan fingerprint density at radius 1 is 1.43 bits per heavy atom. The summed E-state index contributed by atoms with van der Waals surface area (Å²) in [4.78, 5) is 11.0. The molecular weight excluding hydrogens is 194 g/mol. The molecule has 0 amide bonds. The Morgan fingerprint density at radius 3 is 2.71 bits per heavy atom. The average Bonchev–Trinajstić information content (AvgIpc) is 2.29. The molecule has 1 N–H and O–H groups in total. The second kappa shape index (κ2) is 4.68. The van der Waals surface area contributed by atoms with Crippen molar-refractivity contribution in [1.29, 1.82) is 0 Å². The van der Waals surface area contributed by atoms with E-state index in [4.69, 9.17) is 9.84 Å². The number of carbonyl (C=O) groups is 1. The third-order valence-corrected chi connectivity index (χ3v) is 2.67. The van der Waals surface area contributed by atoms with Crippen LogP contribution in [0.25, 0.3) is 0 Å². The van der Waals surface area contributed by atoms with Crippen molar-refractivity contribution < 1.29 is 23.4 Å². The van der Waals surface area contributed by atoms with Crippen molar-refractivity contribution in [2.24, 2.45) is 5.41 Å². The van der Waals surface area contributed by atoms with E-state index in [-0.39, 0.29) is 19.4 Å². The minimum atomic E-state index is -2.57. The van der Waals surface area contributed by atoms with Gasteiger partial charge in [-0.1, -0.05) is 0 Å². The number of halogens is 2. The van der Waals surface area contributed by atoms with Crippen molar-refractivity contribution in [3.05, 3.63) is 0 Å². The van der Waals surface area contributed by atoms with E-state index in [2.05, 4.69) is 0 Å². The minimum absolute atomic E-state index is 0.187. The smallest absolute Gasteiger partial charge is 0.309 e. The van der Waals surface area contributed by atoms with E-state index < -0.39 is 24.2 Å². The van der Waals surface area contributed by atoms with Gasteiger partial charge in [0, 0.05) is 19.6 Å². The van der Waals surface area contributed by atoms with Gasteiger partial charge in [0.1, 0.15) is 0 Å². The average molecular weight is 208 g/mol. The molecule has 1 aliphatic heterocycles. The van der Waals surface area contributed by atoms with Gasteiger partial charge in [-0.15, -0.1) is 0 Å². The Morgan fingerprint density at radius 2 is 2.14 bits per heavy atom. The van der Waals surface area contributed by atoms with Crippen LogP contribution in [0.15, 0.2) is 0 Å². The summed E-state index contributed by atoms with van der Waals surface area (Å²) in [5, 5.41) is 8.97. The van der Waals surface area contributed by atoms with Crippen molar-refractivity contribution >= 4 is 5.97 Å². The lowest BCUT2D eigenvalue weighted by Gasteiger charge is -2.26. The molecule has 0 saturated carbocycles. The van der Waals surface area contributed by atoms with Crippen LogP contribution < -0.4 is 0 Å². The molecule has 0 aromatic rings. The van der Waals surface area contributed by atoms with Gasteiger partial charge in [0.15, 0.2) is 0 Å². The van der Waals surface area contributed by atoms with E-state index in [0.29, 0.717) is 13.0 Å². The lowest BCUT2D eigenvalue weighted by atomic mass is 9.78. The van der Waals surface area contributed by atoms with E-state index in [1.54, 1.807) is 0 Å². The molecule has 0 spiro atoms. The summed E-state index contributed by atoms with van der Waals surface area (Å²) >= 11 is 0. The van der Waals surface area contributed by atoms with Crippen molar-refractivity contribution in [3.8, 4) is 0 Å². The zero-order chi connectivity index (χ0) is 10.6. The molecule has 1 saturated heterocycles. The van der Waals surface area contributed by atoms with Crippen LogP contribution in [0.5, 0.6) is 0 Å². The van der Waals surface area contributed by atoms with Gasteiger partial charge in [0.25, 0.3) is 0 Å². The fourth-order valence-corrected chi connectivity index (χ4v) is 1.81. The van der Waals surface area contributed by atoms with Crippen LogP contribution in [0.1, 0.15) is 25.7 Å². The first-order valence-electron chi connectivity index (χ1n) is 4.66. The molecule has 0 radical (unpaired) electrons. The van der Waals surface area contributed by atoms with Crippen molar-refractivity contribution in [2.75, 3.05) is 13.2 Å². The first kappa shape index (κ1) is 11.4. The highest BCUT2D eigenvalue weighted by Gasteiger charge is 2.41. The standard InChI is InChI=1S/C9H14F2O3/c10-7(11)6-9(8(12)13)2-1-4-14-5-3-9/h7H,1-6H2,(H,12,13). The molecule has 0 aromatic heterocycles. The van der Waals surface area contributed by atoms with Crippen LogP contribution in [0.4, 0.5) is 8.78 Å². The van der Waals surface area contributed by atoms with E-state index in [1.807, 2.05) is 0 Å². The van der Waals surface area contributed by atoms with Gasteiger partial charge in [-0.05, 0) is 19.3 Å². The molecule has 3 nitrogen and oxygen atoms in total. The highest BCUT2D eigenvalue weighted by Crippen LogP contribution is 2.36. The molecule has 14 heavy (non-hydrogen) atoms. The molecule has 0 aromatic carbocycles. The van der Waals surface area contributed by atoms with Gasteiger partial charge >= 0.3 is 5.97 Å². The molecule has 0 bridgehead atoms.